The summed E-state index contributed by atoms with van der Waals surface area (Å²) < 4.78 is 27.1. The average molecular weight is 314 g/mol. The average Bonchev–Trinajstić information content (AvgIpc) is 2.54. The van der Waals surface area contributed by atoms with Crippen molar-refractivity contribution in [2.45, 2.75) is 4.90 Å². The predicted octanol–water partition coefficient (Wildman–Crippen LogP) is 1.75. The molecule has 0 aliphatic carbocycles. The minimum Gasteiger partial charge on any atom is -0.386 e. The molecule has 0 bridgehead atoms. The number of carbonyl (C=O) groups excluding carboxylic acids is 1. The lowest BCUT2D eigenvalue weighted by Crippen LogP contribution is -2.35. The van der Waals surface area contributed by atoms with Crippen LogP contribution in [0.2, 0.25) is 0 Å². The summed E-state index contributed by atoms with van der Waals surface area (Å²) in [5, 5.41) is 2.93. The van der Waals surface area contributed by atoms with Crippen LogP contribution in [0.5, 0.6) is 0 Å². The van der Waals surface area contributed by atoms with Crippen LogP contribution in [0, 0.1) is 0 Å². The van der Waals surface area contributed by atoms with Gasteiger partial charge in [0.1, 0.15) is 5.70 Å². The second-order valence-corrected chi connectivity index (χ2v) is 6.45. The molecule has 0 atom stereocenters. The van der Waals surface area contributed by atoms with Gasteiger partial charge in [-0.2, -0.15) is 0 Å². The SMILES string of the molecule is CNC1=C(C(=O)c2ccccc2)NS(=O)(=O)c2ccccc21. The van der Waals surface area contributed by atoms with Crippen LogP contribution in [0.15, 0.2) is 65.2 Å². The van der Waals surface area contributed by atoms with E-state index in [1.54, 1.807) is 55.6 Å². The van der Waals surface area contributed by atoms with Gasteiger partial charge in [-0.25, -0.2) is 8.42 Å². The van der Waals surface area contributed by atoms with E-state index in [4.69, 9.17) is 0 Å². The summed E-state index contributed by atoms with van der Waals surface area (Å²) in [6.45, 7) is 0. The van der Waals surface area contributed by atoms with Crippen molar-refractivity contribution in [3.63, 3.8) is 0 Å². The van der Waals surface area contributed by atoms with Gasteiger partial charge < -0.3 is 5.32 Å². The van der Waals surface area contributed by atoms with Crippen LogP contribution in [-0.2, 0) is 10.0 Å². The lowest BCUT2D eigenvalue weighted by atomic mass is 10.0. The van der Waals surface area contributed by atoms with Gasteiger partial charge in [0.05, 0.1) is 10.6 Å². The standard InChI is InChI=1S/C16H14N2O3S/c1-17-14-12-9-5-6-10-13(12)22(20,21)18-15(14)16(19)11-7-3-2-4-8-11/h2-10,17-18H,1H3. The largest absolute Gasteiger partial charge is 0.386 e. The maximum absolute atomic E-state index is 12.6. The Morgan fingerprint density at radius 2 is 1.64 bits per heavy atom. The smallest absolute Gasteiger partial charge is 0.262 e. The van der Waals surface area contributed by atoms with Crippen LogP contribution in [0.3, 0.4) is 0 Å². The fourth-order valence-corrected chi connectivity index (χ4v) is 3.73. The molecule has 2 aromatic rings. The number of fused-ring (bicyclic) bond motifs is 1. The highest BCUT2D eigenvalue weighted by molar-refractivity contribution is 7.89. The molecular formula is C16H14N2O3S. The van der Waals surface area contributed by atoms with Crippen molar-refractivity contribution in [3.8, 4) is 0 Å². The van der Waals surface area contributed by atoms with Crippen LogP contribution in [0.25, 0.3) is 5.70 Å². The molecule has 1 aliphatic rings. The maximum Gasteiger partial charge on any atom is 0.262 e. The highest BCUT2D eigenvalue weighted by Crippen LogP contribution is 2.29. The number of Topliss-reactive ketones (excluding diaryl/α,β-unsaturated/α-hetero) is 1. The van der Waals surface area contributed by atoms with Gasteiger partial charge in [0, 0.05) is 18.2 Å². The Morgan fingerprint density at radius 3 is 2.32 bits per heavy atom. The minimum atomic E-state index is -3.76. The topological polar surface area (TPSA) is 75.3 Å². The van der Waals surface area contributed by atoms with Gasteiger partial charge in [-0.3, -0.25) is 9.52 Å². The Labute approximate surface area is 128 Å². The van der Waals surface area contributed by atoms with E-state index in [1.165, 1.54) is 6.07 Å². The summed E-state index contributed by atoms with van der Waals surface area (Å²) in [5.41, 5.74) is 1.42. The quantitative estimate of drug-likeness (QED) is 0.846. The van der Waals surface area contributed by atoms with E-state index in [9.17, 15) is 13.2 Å². The van der Waals surface area contributed by atoms with Crippen molar-refractivity contribution >= 4 is 21.5 Å². The number of rotatable bonds is 3. The monoisotopic (exact) mass is 314 g/mol. The fourth-order valence-electron chi connectivity index (χ4n) is 2.44. The van der Waals surface area contributed by atoms with E-state index in [2.05, 4.69) is 10.0 Å². The molecule has 2 N–H and O–H groups in total. The van der Waals surface area contributed by atoms with Crippen LogP contribution >= 0.6 is 0 Å². The van der Waals surface area contributed by atoms with E-state index in [-0.39, 0.29) is 16.4 Å². The van der Waals surface area contributed by atoms with Gasteiger partial charge in [-0.1, -0.05) is 48.5 Å². The molecule has 1 heterocycles. The van der Waals surface area contributed by atoms with Crippen LogP contribution in [-0.4, -0.2) is 21.2 Å². The number of benzene rings is 2. The normalized spacial score (nSPS) is 15.7. The fraction of sp³-hybridized carbons (Fsp3) is 0.0625. The van der Waals surface area contributed by atoms with E-state index in [0.717, 1.165) is 0 Å². The second kappa shape index (κ2) is 5.31. The van der Waals surface area contributed by atoms with Gasteiger partial charge in [-0.05, 0) is 6.07 Å². The minimum absolute atomic E-state index is 0.0346. The van der Waals surface area contributed by atoms with E-state index in [0.29, 0.717) is 16.8 Å². The van der Waals surface area contributed by atoms with Gasteiger partial charge in [-0.15, -0.1) is 0 Å². The molecule has 0 amide bonds. The van der Waals surface area contributed by atoms with E-state index >= 15 is 0 Å². The summed E-state index contributed by atoms with van der Waals surface area (Å²) in [4.78, 5) is 12.8. The molecule has 6 heteroatoms. The second-order valence-electron chi connectivity index (χ2n) is 4.80. The third-order valence-electron chi connectivity index (χ3n) is 3.45. The Hall–Kier alpha value is -2.60. The Balaban J connectivity index is 2.22. The summed E-state index contributed by atoms with van der Waals surface area (Å²) in [6.07, 6.45) is 0. The van der Waals surface area contributed by atoms with Gasteiger partial charge in [0.25, 0.3) is 10.0 Å². The molecule has 5 nitrogen and oxygen atoms in total. The van der Waals surface area contributed by atoms with Gasteiger partial charge in [0.2, 0.25) is 5.78 Å². The molecule has 1 aliphatic heterocycles. The van der Waals surface area contributed by atoms with Crippen molar-refractivity contribution in [2.75, 3.05) is 7.05 Å². The molecule has 3 rings (SSSR count). The maximum atomic E-state index is 12.6. The highest BCUT2D eigenvalue weighted by Gasteiger charge is 2.32. The van der Waals surface area contributed by atoms with Crippen LogP contribution in [0.4, 0.5) is 0 Å². The number of carbonyl (C=O) groups is 1. The molecule has 0 spiro atoms. The Bertz CT molecular complexity index is 871. The number of hydrogen-bond donors (Lipinski definition) is 2. The summed E-state index contributed by atoms with van der Waals surface area (Å²) in [7, 11) is -2.10. The first-order valence-electron chi connectivity index (χ1n) is 6.68. The van der Waals surface area contributed by atoms with Gasteiger partial charge in [0.15, 0.2) is 0 Å². The van der Waals surface area contributed by atoms with Crippen LogP contribution in [0.1, 0.15) is 15.9 Å². The molecule has 112 valence electrons. The number of ketones is 1. The summed E-state index contributed by atoms with van der Waals surface area (Å²) in [5.74, 6) is -0.372. The third kappa shape index (κ3) is 2.27. The third-order valence-corrected chi connectivity index (χ3v) is 4.85. The predicted molar refractivity (Wildman–Crippen MR) is 83.5 cm³/mol. The van der Waals surface area contributed by atoms with Crippen molar-refractivity contribution in [1.82, 2.24) is 10.0 Å². The lowest BCUT2D eigenvalue weighted by molar-refractivity contribution is 0.103. The number of hydrogen-bond acceptors (Lipinski definition) is 4. The van der Waals surface area contributed by atoms with Crippen molar-refractivity contribution < 1.29 is 13.2 Å². The number of allylic oxidation sites excluding steroid dienone is 1. The van der Waals surface area contributed by atoms with E-state index in [1.807, 2.05) is 0 Å². The first kappa shape index (κ1) is 14.3. The first-order valence-corrected chi connectivity index (χ1v) is 8.17. The number of sulfonamides is 1. The zero-order valence-corrected chi connectivity index (χ0v) is 12.6. The zero-order valence-electron chi connectivity index (χ0n) is 11.8. The molecular weight excluding hydrogens is 300 g/mol. The molecule has 0 fully saturated rings. The van der Waals surface area contributed by atoms with Crippen molar-refractivity contribution in [1.29, 1.82) is 0 Å². The molecule has 0 saturated carbocycles. The van der Waals surface area contributed by atoms with Gasteiger partial charge >= 0.3 is 0 Å². The van der Waals surface area contributed by atoms with Crippen molar-refractivity contribution in [3.05, 3.63) is 71.4 Å². The highest BCUT2D eigenvalue weighted by atomic mass is 32.2. The molecule has 2 aromatic carbocycles. The van der Waals surface area contributed by atoms with Crippen LogP contribution < -0.4 is 10.0 Å². The Morgan fingerprint density at radius 1 is 1.00 bits per heavy atom. The lowest BCUT2D eigenvalue weighted by Gasteiger charge is -2.23. The molecule has 0 unspecified atom stereocenters. The van der Waals surface area contributed by atoms with Crippen molar-refractivity contribution in [2.24, 2.45) is 0 Å². The molecule has 0 saturated heterocycles. The summed E-state index contributed by atoms with van der Waals surface area (Å²) >= 11 is 0. The molecule has 22 heavy (non-hydrogen) atoms. The summed E-state index contributed by atoms with van der Waals surface area (Å²) in [6, 6.07) is 15.1. The number of nitrogens with one attached hydrogen (secondary N) is 2. The Kier molecular flexibility index (Phi) is 3.46. The zero-order chi connectivity index (χ0) is 15.7. The van der Waals surface area contributed by atoms with E-state index < -0.39 is 10.0 Å². The molecule has 0 aromatic heterocycles. The first-order chi connectivity index (χ1) is 10.5. The molecule has 0 radical (unpaired) electrons.